The van der Waals surface area contributed by atoms with Crippen molar-refractivity contribution in [2.75, 3.05) is 6.54 Å². The van der Waals surface area contributed by atoms with Crippen molar-refractivity contribution < 1.29 is 24.5 Å². The number of hydrogen-bond acceptors (Lipinski definition) is 5. The second kappa shape index (κ2) is 10.8. The largest absolute Gasteiger partial charge is 0.506 e. The van der Waals surface area contributed by atoms with Crippen LogP contribution in [0.25, 0.3) is 0 Å². The van der Waals surface area contributed by atoms with Gasteiger partial charge in [-0.05, 0) is 120 Å². The van der Waals surface area contributed by atoms with Gasteiger partial charge in [0.25, 0.3) is 0 Å². The van der Waals surface area contributed by atoms with E-state index >= 15 is 0 Å². The molecule has 0 heterocycles. The molecule has 0 fully saturated rings. The number of carbonyl (C=O) groups excluding carboxylic acids is 1. The molecule has 0 spiro atoms. The van der Waals surface area contributed by atoms with E-state index in [-0.39, 0.29) is 18.7 Å². The molecule has 0 bridgehead atoms. The number of hydrogen-bond donors (Lipinski definition) is 4. The fourth-order valence-electron chi connectivity index (χ4n) is 2.24. The van der Waals surface area contributed by atoms with E-state index in [1.807, 2.05) is 57.3 Å². The normalized spacial score (nSPS) is 11.8. The number of phenols is 1. The van der Waals surface area contributed by atoms with Crippen molar-refractivity contribution in [1.82, 2.24) is 5.32 Å². The Kier molecular flexibility index (Phi) is 9.27. The lowest BCUT2D eigenvalue weighted by Gasteiger charge is -2.16. The molecule has 0 aromatic heterocycles. The van der Waals surface area contributed by atoms with Gasteiger partial charge in [-0.15, -0.1) is 0 Å². The van der Waals surface area contributed by atoms with Gasteiger partial charge in [-0.3, -0.25) is 4.79 Å². The molecule has 0 unspecified atom stereocenters. The number of carboxylic acids is 1. The number of halogens is 4. The van der Waals surface area contributed by atoms with E-state index in [1.165, 1.54) is 0 Å². The Hall–Kier alpha value is -0.140. The highest BCUT2D eigenvalue weighted by Gasteiger charge is 2.21. The summed E-state index contributed by atoms with van der Waals surface area (Å²) in [5.74, 6) is -0.199. The molecular formula is C17H14I4N2O5. The maximum Gasteiger partial charge on any atom is 0.326 e. The zero-order valence-electron chi connectivity index (χ0n) is 14.0. The molecule has 0 aliphatic heterocycles. The molecule has 5 N–H and O–H groups in total. The van der Waals surface area contributed by atoms with E-state index in [2.05, 4.69) is 50.5 Å². The predicted octanol–water partition coefficient (Wildman–Crippen LogP) is 3.67. The zero-order valence-corrected chi connectivity index (χ0v) is 22.6. The van der Waals surface area contributed by atoms with E-state index in [4.69, 9.17) is 10.5 Å². The molecule has 1 amide bonds. The first-order valence-corrected chi connectivity index (χ1v) is 12.0. The van der Waals surface area contributed by atoms with Crippen molar-refractivity contribution in [2.24, 2.45) is 5.73 Å². The summed E-state index contributed by atoms with van der Waals surface area (Å²) in [6, 6.07) is 6.05. The summed E-state index contributed by atoms with van der Waals surface area (Å²) in [6.07, 6.45) is 0.127. The van der Waals surface area contributed by atoms with Gasteiger partial charge < -0.3 is 26.0 Å². The van der Waals surface area contributed by atoms with Gasteiger partial charge in [0.1, 0.15) is 17.5 Å². The number of carbonyl (C=O) groups is 2. The zero-order chi connectivity index (χ0) is 21.0. The lowest BCUT2D eigenvalue weighted by Crippen LogP contribution is -2.44. The summed E-state index contributed by atoms with van der Waals surface area (Å²) in [4.78, 5) is 22.9. The van der Waals surface area contributed by atoms with Crippen LogP contribution in [-0.2, 0) is 16.0 Å². The maximum absolute atomic E-state index is 11.4. The third-order valence-corrected chi connectivity index (χ3v) is 6.77. The summed E-state index contributed by atoms with van der Waals surface area (Å²) in [5.41, 5.74) is 6.00. The number of aliphatic carboxylic acids is 1. The van der Waals surface area contributed by atoms with Gasteiger partial charge in [0, 0.05) is 6.42 Å². The second-order valence-corrected chi connectivity index (χ2v) is 10.2. The Morgan fingerprint density at radius 3 is 2.04 bits per heavy atom. The highest BCUT2D eigenvalue weighted by Crippen LogP contribution is 2.36. The quantitative estimate of drug-likeness (QED) is 0.317. The van der Waals surface area contributed by atoms with Gasteiger partial charge in [0.2, 0.25) is 5.91 Å². The number of aromatic hydroxyl groups is 1. The van der Waals surface area contributed by atoms with Crippen LogP contribution in [0.2, 0.25) is 0 Å². The third kappa shape index (κ3) is 6.43. The SMILES string of the molecule is NCC(=O)N[C@@H](Cc1cc(I)c(Oc2cc(I)c(O)c(I)c2)c(I)c1)C(=O)O. The Bertz CT molecular complexity index is 876. The Morgan fingerprint density at radius 1 is 1.04 bits per heavy atom. The van der Waals surface area contributed by atoms with Gasteiger partial charge >= 0.3 is 5.97 Å². The number of phenolic OH excluding ortho intramolecular Hbond substituents is 1. The number of benzene rings is 2. The smallest absolute Gasteiger partial charge is 0.326 e. The standard InChI is InChI=1S/C17H14I4N2O5/c18-9-4-8(5-10(19)15(9)25)28-16-11(20)1-7(2-12(16)21)3-13(17(26)27)23-14(24)6-22/h1-2,4-5,13,25H,3,6,22H2,(H,23,24)(H,26,27)/t13-/m0/s1. The number of carboxylic acid groups (broad SMARTS) is 1. The Balaban J connectivity index is 2.27. The van der Waals surface area contributed by atoms with E-state index in [1.54, 1.807) is 12.1 Å². The van der Waals surface area contributed by atoms with Crippen molar-refractivity contribution in [2.45, 2.75) is 12.5 Å². The van der Waals surface area contributed by atoms with Crippen LogP contribution >= 0.6 is 90.4 Å². The minimum atomic E-state index is -1.12. The summed E-state index contributed by atoms with van der Waals surface area (Å²) in [6.45, 7) is -0.268. The van der Waals surface area contributed by atoms with Crippen molar-refractivity contribution in [1.29, 1.82) is 0 Å². The molecule has 0 aliphatic rings. The molecule has 7 nitrogen and oxygen atoms in total. The van der Waals surface area contributed by atoms with Crippen molar-refractivity contribution in [3.8, 4) is 17.2 Å². The minimum absolute atomic E-state index is 0.127. The van der Waals surface area contributed by atoms with Gasteiger partial charge in [-0.1, -0.05) is 0 Å². The van der Waals surface area contributed by atoms with Crippen LogP contribution in [-0.4, -0.2) is 34.7 Å². The molecular weight excluding hydrogens is 820 g/mol. The molecule has 11 heteroatoms. The molecule has 0 saturated heterocycles. The highest BCUT2D eigenvalue weighted by atomic mass is 127. The first-order valence-electron chi connectivity index (χ1n) is 7.68. The van der Waals surface area contributed by atoms with Crippen molar-refractivity contribution in [3.63, 3.8) is 0 Å². The van der Waals surface area contributed by atoms with Crippen LogP contribution < -0.4 is 15.8 Å². The average molecular weight is 834 g/mol. The summed E-state index contributed by atoms with van der Waals surface area (Å²) in [5, 5.41) is 21.6. The topological polar surface area (TPSA) is 122 Å². The molecule has 2 aromatic carbocycles. The van der Waals surface area contributed by atoms with Crippen LogP contribution in [0, 0.1) is 14.3 Å². The molecule has 28 heavy (non-hydrogen) atoms. The van der Waals surface area contributed by atoms with Crippen LogP contribution in [0.3, 0.4) is 0 Å². The molecule has 2 rings (SSSR count). The molecule has 0 saturated carbocycles. The van der Waals surface area contributed by atoms with Crippen LogP contribution in [0.5, 0.6) is 17.2 Å². The first-order chi connectivity index (χ1) is 13.1. The Morgan fingerprint density at radius 2 is 1.57 bits per heavy atom. The monoisotopic (exact) mass is 834 g/mol. The lowest BCUT2D eigenvalue weighted by atomic mass is 10.1. The number of nitrogens with one attached hydrogen (secondary N) is 1. The second-order valence-electron chi connectivity index (χ2n) is 5.59. The van der Waals surface area contributed by atoms with Crippen LogP contribution in [0.15, 0.2) is 24.3 Å². The van der Waals surface area contributed by atoms with Gasteiger partial charge in [-0.2, -0.15) is 0 Å². The highest BCUT2D eigenvalue weighted by molar-refractivity contribution is 14.1. The molecule has 2 aromatic rings. The lowest BCUT2D eigenvalue weighted by molar-refractivity contribution is -0.141. The average Bonchev–Trinajstić information content (AvgIpc) is 2.61. The maximum atomic E-state index is 11.4. The number of nitrogens with two attached hydrogens (primary N) is 1. The minimum Gasteiger partial charge on any atom is -0.506 e. The summed E-state index contributed by atoms with van der Waals surface area (Å²) < 4.78 is 8.97. The fourth-order valence-corrected chi connectivity index (χ4v) is 6.06. The van der Waals surface area contributed by atoms with Crippen molar-refractivity contribution >= 4 is 102 Å². The first kappa shape index (κ1) is 24.1. The third-order valence-electron chi connectivity index (χ3n) is 3.53. The number of amides is 1. The van der Waals surface area contributed by atoms with Gasteiger partial charge in [0.15, 0.2) is 5.75 Å². The summed E-state index contributed by atoms with van der Waals surface area (Å²) in [7, 11) is 0. The number of rotatable bonds is 7. The molecule has 1 atom stereocenters. The van der Waals surface area contributed by atoms with E-state index in [9.17, 15) is 19.8 Å². The fraction of sp³-hybridized carbons (Fsp3) is 0.176. The van der Waals surface area contributed by atoms with E-state index in [0.29, 0.717) is 18.6 Å². The van der Waals surface area contributed by atoms with E-state index in [0.717, 1.165) is 12.7 Å². The molecule has 0 aliphatic carbocycles. The van der Waals surface area contributed by atoms with Gasteiger partial charge in [0.05, 0.1) is 20.8 Å². The molecule has 150 valence electrons. The predicted molar refractivity (Wildman–Crippen MR) is 138 cm³/mol. The van der Waals surface area contributed by atoms with Crippen molar-refractivity contribution in [3.05, 3.63) is 44.1 Å². The summed E-state index contributed by atoms with van der Waals surface area (Å²) >= 11 is 8.31. The number of ether oxygens (including phenoxy) is 1. The molecule has 0 radical (unpaired) electrons. The van der Waals surface area contributed by atoms with Crippen LogP contribution in [0.1, 0.15) is 5.56 Å². The van der Waals surface area contributed by atoms with Crippen LogP contribution in [0.4, 0.5) is 0 Å². The van der Waals surface area contributed by atoms with Gasteiger partial charge in [-0.25, -0.2) is 4.79 Å². The van der Waals surface area contributed by atoms with E-state index < -0.39 is 17.9 Å². The Labute approximate surface area is 215 Å².